The molecule has 0 aromatic heterocycles. The van der Waals surface area contributed by atoms with Crippen LogP contribution in [0.1, 0.15) is 34.1 Å². The predicted molar refractivity (Wildman–Crippen MR) is 95.2 cm³/mol. The minimum Gasteiger partial charge on any atom is -0.444 e. The number of likely N-dealkylation sites (tertiary alicyclic amines) is 1. The van der Waals surface area contributed by atoms with Crippen LogP contribution in [-0.2, 0) is 4.74 Å². The summed E-state index contributed by atoms with van der Waals surface area (Å²) in [5.74, 6) is 0.372. The van der Waals surface area contributed by atoms with Crippen LogP contribution in [0, 0.1) is 5.92 Å². The lowest BCUT2D eigenvalue weighted by molar-refractivity contribution is 0.0156. The molecule has 4 nitrogen and oxygen atoms in total. The van der Waals surface area contributed by atoms with E-state index >= 15 is 0 Å². The highest BCUT2D eigenvalue weighted by atomic mass is 35.5. The molecule has 1 saturated heterocycles. The van der Waals surface area contributed by atoms with Gasteiger partial charge in [-0.25, -0.2) is 4.79 Å². The zero-order valence-electron chi connectivity index (χ0n) is 14.7. The summed E-state index contributed by atoms with van der Waals surface area (Å²) in [7, 11) is 2.10. The van der Waals surface area contributed by atoms with E-state index in [0.717, 1.165) is 30.2 Å². The van der Waals surface area contributed by atoms with Crippen molar-refractivity contribution < 1.29 is 9.53 Å². The summed E-state index contributed by atoms with van der Waals surface area (Å²) in [6.45, 7) is 9.33. The number of halogens is 1. The van der Waals surface area contributed by atoms with E-state index in [9.17, 15) is 4.79 Å². The smallest absolute Gasteiger partial charge is 0.410 e. The fraction of sp³-hybridized carbons (Fsp3) is 0.611. The van der Waals surface area contributed by atoms with Crippen LogP contribution in [0.4, 0.5) is 10.5 Å². The molecule has 0 aliphatic carbocycles. The first-order valence-electron chi connectivity index (χ1n) is 8.13. The number of ether oxygens (including phenoxy) is 1. The lowest BCUT2D eigenvalue weighted by Crippen LogP contribution is -2.51. The van der Waals surface area contributed by atoms with E-state index in [-0.39, 0.29) is 6.09 Å². The Labute approximate surface area is 144 Å². The van der Waals surface area contributed by atoms with Gasteiger partial charge in [-0.05, 0) is 57.4 Å². The molecular formula is C18H27ClN2O2. The van der Waals surface area contributed by atoms with Crippen molar-refractivity contribution in [1.29, 1.82) is 0 Å². The molecule has 1 aromatic carbocycles. The highest BCUT2D eigenvalue weighted by Crippen LogP contribution is 2.27. The lowest BCUT2D eigenvalue weighted by atomic mass is 9.92. The van der Waals surface area contributed by atoms with Crippen molar-refractivity contribution in [2.24, 2.45) is 5.92 Å². The van der Waals surface area contributed by atoms with Crippen LogP contribution in [0.5, 0.6) is 0 Å². The number of carbonyl (C=O) groups is 1. The van der Waals surface area contributed by atoms with Gasteiger partial charge in [0.25, 0.3) is 0 Å². The SMILES string of the molecule is C[C@@H]1CN(C(=O)OC(C)(C)C)CC[C@@H]1N(C)c1ccc(Cl)cc1. The molecule has 0 spiro atoms. The van der Waals surface area contributed by atoms with Gasteiger partial charge in [0, 0.05) is 36.9 Å². The van der Waals surface area contributed by atoms with E-state index in [1.165, 1.54) is 0 Å². The van der Waals surface area contributed by atoms with E-state index in [0.29, 0.717) is 12.0 Å². The molecule has 1 aromatic rings. The second-order valence-electron chi connectivity index (χ2n) is 7.35. The molecule has 1 aliphatic rings. The molecule has 1 fully saturated rings. The molecule has 0 bridgehead atoms. The summed E-state index contributed by atoms with van der Waals surface area (Å²) in [5.41, 5.74) is 0.703. The maximum absolute atomic E-state index is 12.2. The average molecular weight is 339 g/mol. The second-order valence-corrected chi connectivity index (χ2v) is 7.78. The van der Waals surface area contributed by atoms with E-state index in [4.69, 9.17) is 16.3 Å². The third kappa shape index (κ3) is 4.77. The fourth-order valence-electron chi connectivity index (χ4n) is 3.07. The van der Waals surface area contributed by atoms with Gasteiger partial charge in [0.2, 0.25) is 0 Å². The molecule has 23 heavy (non-hydrogen) atoms. The molecule has 128 valence electrons. The maximum atomic E-state index is 12.2. The van der Waals surface area contributed by atoms with Gasteiger partial charge in [0.05, 0.1) is 0 Å². The quantitative estimate of drug-likeness (QED) is 0.800. The molecule has 1 heterocycles. The van der Waals surface area contributed by atoms with Crippen LogP contribution in [0.15, 0.2) is 24.3 Å². The first kappa shape index (κ1) is 17.9. The Morgan fingerprint density at radius 1 is 1.30 bits per heavy atom. The summed E-state index contributed by atoms with van der Waals surface area (Å²) in [6.07, 6.45) is 0.719. The number of benzene rings is 1. The van der Waals surface area contributed by atoms with Crippen LogP contribution in [0.2, 0.25) is 5.02 Å². The summed E-state index contributed by atoms with van der Waals surface area (Å²) >= 11 is 5.96. The Morgan fingerprint density at radius 2 is 1.91 bits per heavy atom. The van der Waals surface area contributed by atoms with Gasteiger partial charge < -0.3 is 14.5 Å². The van der Waals surface area contributed by atoms with E-state index in [1.54, 1.807) is 0 Å². The molecular weight excluding hydrogens is 312 g/mol. The highest BCUT2D eigenvalue weighted by Gasteiger charge is 2.33. The van der Waals surface area contributed by atoms with Gasteiger partial charge >= 0.3 is 6.09 Å². The number of amides is 1. The molecule has 0 saturated carbocycles. The zero-order chi connectivity index (χ0) is 17.2. The number of anilines is 1. The topological polar surface area (TPSA) is 32.8 Å². The van der Waals surface area contributed by atoms with Gasteiger partial charge in [-0.2, -0.15) is 0 Å². The molecule has 0 radical (unpaired) electrons. The van der Waals surface area contributed by atoms with E-state index in [1.807, 2.05) is 49.9 Å². The van der Waals surface area contributed by atoms with Gasteiger partial charge in [-0.15, -0.1) is 0 Å². The summed E-state index contributed by atoms with van der Waals surface area (Å²) in [4.78, 5) is 16.3. The third-order valence-corrected chi connectivity index (χ3v) is 4.50. The van der Waals surface area contributed by atoms with Crippen molar-refractivity contribution in [3.63, 3.8) is 0 Å². The van der Waals surface area contributed by atoms with E-state index in [2.05, 4.69) is 18.9 Å². The molecule has 0 unspecified atom stereocenters. The summed E-state index contributed by atoms with van der Waals surface area (Å²) < 4.78 is 5.48. The Kier molecular flexibility index (Phi) is 5.45. The van der Waals surface area contributed by atoms with Gasteiger partial charge in [-0.1, -0.05) is 18.5 Å². The minimum absolute atomic E-state index is 0.211. The number of carbonyl (C=O) groups excluding carboxylic acids is 1. The van der Waals surface area contributed by atoms with Crippen molar-refractivity contribution in [2.75, 3.05) is 25.0 Å². The standard InChI is InChI=1S/C18H27ClN2O2/c1-13-12-21(17(22)23-18(2,3)4)11-10-16(13)20(5)15-8-6-14(19)7-9-15/h6-9,13,16H,10-12H2,1-5H3/t13-,16+/m1/s1. The second kappa shape index (κ2) is 7.00. The van der Waals surface area contributed by atoms with Gasteiger partial charge in [0.15, 0.2) is 0 Å². The van der Waals surface area contributed by atoms with Crippen molar-refractivity contribution in [3.05, 3.63) is 29.3 Å². The largest absolute Gasteiger partial charge is 0.444 e. The normalized spacial score (nSPS) is 21.9. The molecule has 1 amide bonds. The Bertz CT molecular complexity index is 539. The Morgan fingerprint density at radius 3 is 2.43 bits per heavy atom. The third-order valence-electron chi connectivity index (χ3n) is 4.24. The summed E-state index contributed by atoms with van der Waals surface area (Å²) in [5, 5.41) is 0.745. The fourth-order valence-corrected chi connectivity index (χ4v) is 3.19. The van der Waals surface area contributed by atoms with Crippen LogP contribution in [0.25, 0.3) is 0 Å². The van der Waals surface area contributed by atoms with Crippen LogP contribution in [-0.4, -0.2) is 42.8 Å². The number of rotatable bonds is 2. The van der Waals surface area contributed by atoms with Crippen LogP contribution >= 0.6 is 11.6 Å². The first-order valence-corrected chi connectivity index (χ1v) is 8.51. The van der Waals surface area contributed by atoms with Gasteiger partial charge in [-0.3, -0.25) is 0 Å². The van der Waals surface area contributed by atoms with Crippen LogP contribution in [0.3, 0.4) is 0 Å². The molecule has 2 atom stereocenters. The van der Waals surface area contributed by atoms with Crippen molar-refractivity contribution in [1.82, 2.24) is 4.90 Å². The number of hydrogen-bond donors (Lipinski definition) is 0. The zero-order valence-corrected chi connectivity index (χ0v) is 15.4. The summed E-state index contributed by atoms with van der Waals surface area (Å²) in [6, 6.07) is 8.29. The van der Waals surface area contributed by atoms with Gasteiger partial charge in [0.1, 0.15) is 5.60 Å². The van der Waals surface area contributed by atoms with Crippen molar-refractivity contribution in [3.8, 4) is 0 Å². The first-order chi connectivity index (χ1) is 10.7. The molecule has 5 heteroatoms. The predicted octanol–water partition coefficient (Wildman–Crippen LogP) is 4.42. The molecule has 1 aliphatic heterocycles. The lowest BCUT2D eigenvalue weighted by Gasteiger charge is -2.42. The Balaban J connectivity index is 1.98. The number of nitrogens with zero attached hydrogens (tertiary/aromatic N) is 2. The number of piperidine rings is 1. The maximum Gasteiger partial charge on any atom is 0.410 e. The minimum atomic E-state index is -0.447. The molecule has 0 N–H and O–H groups in total. The Hall–Kier alpha value is -1.42. The van der Waals surface area contributed by atoms with Crippen molar-refractivity contribution in [2.45, 2.75) is 45.8 Å². The monoisotopic (exact) mass is 338 g/mol. The van der Waals surface area contributed by atoms with Crippen LogP contribution < -0.4 is 4.90 Å². The van der Waals surface area contributed by atoms with Crippen molar-refractivity contribution >= 4 is 23.4 Å². The van der Waals surface area contributed by atoms with E-state index < -0.39 is 5.60 Å². The average Bonchev–Trinajstić information content (AvgIpc) is 2.45. The highest BCUT2D eigenvalue weighted by molar-refractivity contribution is 6.30. The molecule has 2 rings (SSSR count). The number of hydrogen-bond acceptors (Lipinski definition) is 3.